The van der Waals surface area contributed by atoms with E-state index in [1.165, 1.54) is 30.3 Å². The van der Waals surface area contributed by atoms with E-state index in [0.717, 1.165) is 5.76 Å². The van der Waals surface area contributed by atoms with Gasteiger partial charge in [-0.1, -0.05) is 6.08 Å². The summed E-state index contributed by atoms with van der Waals surface area (Å²) in [4.78, 5) is 12.1. The van der Waals surface area contributed by atoms with Crippen molar-refractivity contribution in [1.29, 1.82) is 0 Å². The van der Waals surface area contributed by atoms with Gasteiger partial charge in [-0.2, -0.15) is 0 Å². The third-order valence-corrected chi connectivity index (χ3v) is 4.52. The monoisotopic (exact) mass is 334 g/mol. The van der Waals surface area contributed by atoms with Crippen molar-refractivity contribution in [2.24, 2.45) is 0 Å². The molecule has 122 valence electrons. The molecule has 0 bridgehead atoms. The lowest BCUT2D eigenvalue weighted by Crippen LogP contribution is -2.26. The molecular formula is C16H18N2O4S. The quantitative estimate of drug-likeness (QED) is 0.720. The Bertz CT molecular complexity index is 750. The van der Waals surface area contributed by atoms with E-state index in [4.69, 9.17) is 4.42 Å². The van der Waals surface area contributed by atoms with Crippen molar-refractivity contribution in [3.63, 3.8) is 0 Å². The Labute approximate surface area is 135 Å². The lowest BCUT2D eigenvalue weighted by atomic mass is 10.2. The Kier molecular flexibility index (Phi) is 5.72. The first kappa shape index (κ1) is 17.0. The largest absolute Gasteiger partial charge is 0.469 e. The van der Waals surface area contributed by atoms with E-state index < -0.39 is 10.0 Å². The van der Waals surface area contributed by atoms with E-state index >= 15 is 0 Å². The second kappa shape index (κ2) is 7.75. The Morgan fingerprint density at radius 3 is 2.57 bits per heavy atom. The van der Waals surface area contributed by atoms with Crippen LogP contribution in [-0.2, 0) is 16.4 Å². The molecule has 0 radical (unpaired) electrons. The molecule has 0 aliphatic rings. The van der Waals surface area contributed by atoms with Crippen LogP contribution in [0.2, 0.25) is 0 Å². The summed E-state index contributed by atoms with van der Waals surface area (Å²) in [6, 6.07) is 9.37. The van der Waals surface area contributed by atoms with Crippen LogP contribution in [0.15, 0.2) is 64.6 Å². The van der Waals surface area contributed by atoms with E-state index in [2.05, 4.69) is 16.6 Å². The standard InChI is InChI=1S/C16H18N2O4S/c1-2-10-18-23(20,21)15-7-5-13(6-8-15)16(19)17-11-9-14-4-3-12-22-14/h2-8,12,18H,1,9-11H2,(H,17,19). The zero-order valence-corrected chi connectivity index (χ0v) is 13.3. The van der Waals surface area contributed by atoms with Gasteiger partial charge < -0.3 is 9.73 Å². The van der Waals surface area contributed by atoms with Gasteiger partial charge in [-0.25, -0.2) is 13.1 Å². The highest BCUT2D eigenvalue weighted by molar-refractivity contribution is 7.89. The molecule has 1 amide bonds. The summed E-state index contributed by atoms with van der Waals surface area (Å²) < 4.78 is 31.4. The van der Waals surface area contributed by atoms with Crippen LogP contribution >= 0.6 is 0 Å². The number of carbonyl (C=O) groups excluding carboxylic acids is 1. The summed E-state index contributed by atoms with van der Waals surface area (Å²) >= 11 is 0. The van der Waals surface area contributed by atoms with Crippen LogP contribution in [0.3, 0.4) is 0 Å². The molecule has 0 atom stereocenters. The fraction of sp³-hybridized carbons (Fsp3) is 0.188. The highest BCUT2D eigenvalue weighted by atomic mass is 32.2. The highest BCUT2D eigenvalue weighted by Gasteiger charge is 2.13. The maximum atomic E-state index is 12.0. The Morgan fingerprint density at radius 2 is 1.96 bits per heavy atom. The third-order valence-electron chi connectivity index (χ3n) is 3.08. The lowest BCUT2D eigenvalue weighted by molar-refractivity contribution is 0.0953. The zero-order valence-electron chi connectivity index (χ0n) is 12.5. The summed E-state index contributed by atoms with van der Waals surface area (Å²) in [6.07, 6.45) is 3.63. The molecule has 0 unspecified atom stereocenters. The molecule has 1 heterocycles. The molecule has 1 aromatic heterocycles. The van der Waals surface area contributed by atoms with E-state index in [0.29, 0.717) is 18.5 Å². The van der Waals surface area contributed by atoms with Crippen LogP contribution in [-0.4, -0.2) is 27.4 Å². The van der Waals surface area contributed by atoms with Gasteiger partial charge in [0.2, 0.25) is 10.0 Å². The SMILES string of the molecule is C=CCNS(=O)(=O)c1ccc(C(=O)NCCc2ccco2)cc1. The van der Waals surface area contributed by atoms with E-state index in [1.807, 2.05) is 6.07 Å². The van der Waals surface area contributed by atoms with Crippen LogP contribution in [0.1, 0.15) is 16.1 Å². The molecular weight excluding hydrogens is 316 g/mol. The molecule has 2 aromatic rings. The van der Waals surface area contributed by atoms with Gasteiger partial charge in [0.25, 0.3) is 5.91 Å². The van der Waals surface area contributed by atoms with Gasteiger partial charge in [0.1, 0.15) is 5.76 Å². The molecule has 0 spiro atoms. The second-order valence-corrected chi connectivity index (χ2v) is 6.52. The lowest BCUT2D eigenvalue weighted by Gasteiger charge is -2.07. The van der Waals surface area contributed by atoms with Gasteiger partial charge in [0.15, 0.2) is 0 Å². The second-order valence-electron chi connectivity index (χ2n) is 4.75. The van der Waals surface area contributed by atoms with E-state index in [1.54, 1.807) is 12.3 Å². The number of carbonyl (C=O) groups is 1. The normalized spacial score (nSPS) is 11.1. The molecule has 2 N–H and O–H groups in total. The minimum absolute atomic E-state index is 0.103. The van der Waals surface area contributed by atoms with Crippen molar-refractivity contribution >= 4 is 15.9 Å². The summed E-state index contributed by atoms with van der Waals surface area (Å²) in [7, 11) is -3.58. The molecule has 6 nitrogen and oxygen atoms in total. The zero-order chi connectivity index (χ0) is 16.7. The van der Waals surface area contributed by atoms with Gasteiger partial charge in [-0.15, -0.1) is 6.58 Å². The molecule has 0 saturated heterocycles. The molecule has 0 fully saturated rings. The van der Waals surface area contributed by atoms with Crippen LogP contribution in [0.5, 0.6) is 0 Å². The minimum Gasteiger partial charge on any atom is -0.469 e. The summed E-state index contributed by atoms with van der Waals surface area (Å²) in [5.41, 5.74) is 0.395. The molecule has 7 heteroatoms. The first-order valence-corrected chi connectivity index (χ1v) is 8.52. The smallest absolute Gasteiger partial charge is 0.251 e. The summed E-state index contributed by atoms with van der Waals surface area (Å²) in [5, 5.41) is 2.75. The fourth-order valence-electron chi connectivity index (χ4n) is 1.89. The molecule has 1 aromatic carbocycles. The Hall–Kier alpha value is -2.38. The fourth-order valence-corrected chi connectivity index (χ4v) is 2.89. The van der Waals surface area contributed by atoms with Gasteiger partial charge in [0.05, 0.1) is 11.2 Å². The maximum Gasteiger partial charge on any atom is 0.251 e. The number of sulfonamides is 1. The summed E-state index contributed by atoms with van der Waals surface area (Å²) in [5.74, 6) is 0.527. The number of benzene rings is 1. The van der Waals surface area contributed by atoms with Crippen LogP contribution in [0, 0.1) is 0 Å². The molecule has 23 heavy (non-hydrogen) atoms. The first-order valence-electron chi connectivity index (χ1n) is 7.04. The minimum atomic E-state index is -3.58. The average molecular weight is 334 g/mol. The van der Waals surface area contributed by atoms with Crippen molar-refractivity contribution in [2.75, 3.05) is 13.1 Å². The number of nitrogens with one attached hydrogen (secondary N) is 2. The van der Waals surface area contributed by atoms with Crippen molar-refractivity contribution in [2.45, 2.75) is 11.3 Å². The van der Waals surface area contributed by atoms with Crippen molar-refractivity contribution < 1.29 is 17.6 Å². The number of rotatable bonds is 8. The van der Waals surface area contributed by atoms with Crippen LogP contribution in [0.4, 0.5) is 0 Å². The van der Waals surface area contributed by atoms with Gasteiger partial charge in [-0.3, -0.25) is 4.79 Å². The average Bonchev–Trinajstić information content (AvgIpc) is 3.06. The van der Waals surface area contributed by atoms with E-state index in [-0.39, 0.29) is 17.3 Å². The number of hydrogen-bond acceptors (Lipinski definition) is 4. The van der Waals surface area contributed by atoms with Crippen LogP contribution in [0.25, 0.3) is 0 Å². The van der Waals surface area contributed by atoms with E-state index in [9.17, 15) is 13.2 Å². The third kappa shape index (κ3) is 4.80. The molecule has 0 aliphatic carbocycles. The Morgan fingerprint density at radius 1 is 1.22 bits per heavy atom. The molecule has 0 saturated carbocycles. The van der Waals surface area contributed by atoms with Crippen molar-refractivity contribution in [1.82, 2.24) is 10.0 Å². The first-order chi connectivity index (χ1) is 11.0. The van der Waals surface area contributed by atoms with Crippen molar-refractivity contribution in [3.05, 3.63) is 66.6 Å². The van der Waals surface area contributed by atoms with Crippen molar-refractivity contribution in [3.8, 4) is 0 Å². The highest BCUT2D eigenvalue weighted by Crippen LogP contribution is 2.10. The number of hydrogen-bond donors (Lipinski definition) is 2. The predicted octanol–water partition coefficient (Wildman–Crippen LogP) is 1.72. The molecule has 0 aliphatic heterocycles. The number of furan rings is 1. The van der Waals surface area contributed by atoms with Gasteiger partial charge in [0, 0.05) is 25.1 Å². The number of amides is 1. The topological polar surface area (TPSA) is 88.4 Å². The Balaban J connectivity index is 1.93. The maximum absolute atomic E-state index is 12.0. The van der Waals surface area contributed by atoms with Crippen LogP contribution < -0.4 is 10.0 Å². The van der Waals surface area contributed by atoms with Gasteiger partial charge >= 0.3 is 0 Å². The molecule has 2 rings (SSSR count). The predicted molar refractivity (Wildman–Crippen MR) is 86.6 cm³/mol. The van der Waals surface area contributed by atoms with Gasteiger partial charge in [-0.05, 0) is 36.4 Å². The summed E-state index contributed by atoms with van der Waals surface area (Å²) in [6.45, 7) is 4.04.